The fourth-order valence-corrected chi connectivity index (χ4v) is 2.25. The van der Waals surface area contributed by atoms with Gasteiger partial charge in [0.15, 0.2) is 11.6 Å². The van der Waals surface area contributed by atoms with Crippen molar-refractivity contribution in [3.05, 3.63) is 6.33 Å². The highest BCUT2D eigenvalue weighted by Crippen LogP contribution is 2.31. The van der Waals surface area contributed by atoms with Gasteiger partial charge in [0.25, 0.3) is 0 Å². The van der Waals surface area contributed by atoms with Crippen LogP contribution in [-0.2, 0) is 4.74 Å². The second-order valence-electron chi connectivity index (χ2n) is 4.40. The lowest BCUT2D eigenvalue weighted by atomic mass is 10.1. The van der Waals surface area contributed by atoms with E-state index in [4.69, 9.17) is 20.3 Å². The summed E-state index contributed by atoms with van der Waals surface area (Å²) < 4.78 is 10.8. The number of aromatic nitrogens is 2. The Bertz CT molecular complexity index is 408. The zero-order valence-corrected chi connectivity index (χ0v) is 11.1. The van der Waals surface area contributed by atoms with Gasteiger partial charge in [-0.05, 0) is 12.8 Å². The quantitative estimate of drug-likeness (QED) is 0.779. The number of aliphatic hydroxyl groups is 1. The summed E-state index contributed by atoms with van der Waals surface area (Å²) in [5.41, 5.74) is 5.78. The number of nitrogen functional groups attached to an aromatic ring is 1. The molecule has 19 heavy (non-hydrogen) atoms. The van der Waals surface area contributed by atoms with Crippen LogP contribution < -0.4 is 15.4 Å². The van der Waals surface area contributed by atoms with Gasteiger partial charge in [-0.3, -0.25) is 0 Å². The number of ether oxygens (including phenoxy) is 2. The van der Waals surface area contributed by atoms with Crippen LogP contribution in [0.25, 0.3) is 0 Å². The molecule has 2 rings (SSSR count). The number of piperidine rings is 1. The summed E-state index contributed by atoms with van der Waals surface area (Å²) in [5.74, 6) is 1.61. The molecule has 1 aliphatic rings. The number of methoxy groups -OCH3 is 1. The first-order chi connectivity index (χ1) is 9.26. The van der Waals surface area contributed by atoms with Crippen LogP contribution in [-0.4, -0.2) is 54.6 Å². The highest BCUT2D eigenvalue weighted by molar-refractivity contribution is 5.62. The molecular formula is C12H20N4O3. The topological polar surface area (TPSA) is 93.7 Å². The molecule has 3 N–H and O–H groups in total. The summed E-state index contributed by atoms with van der Waals surface area (Å²) >= 11 is 0. The van der Waals surface area contributed by atoms with E-state index in [1.165, 1.54) is 6.33 Å². The molecule has 0 bridgehead atoms. The van der Waals surface area contributed by atoms with Crippen molar-refractivity contribution in [3.8, 4) is 5.75 Å². The number of rotatable bonds is 5. The molecule has 0 aliphatic carbocycles. The normalized spacial score (nSPS) is 16.6. The van der Waals surface area contributed by atoms with Crippen molar-refractivity contribution in [2.75, 3.05) is 44.0 Å². The van der Waals surface area contributed by atoms with E-state index in [0.29, 0.717) is 18.2 Å². The molecule has 7 nitrogen and oxygen atoms in total. The summed E-state index contributed by atoms with van der Waals surface area (Å²) in [6, 6.07) is 0. The minimum atomic E-state index is 0.0660. The number of nitrogens with two attached hydrogens (primary N) is 1. The van der Waals surface area contributed by atoms with Gasteiger partial charge in [0.05, 0.1) is 26.4 Å². The summed E-state index contributed by atoms with van der Waals surface area (Å²) in [6.45, 7) is 2.11. The Balaban J connectivity index is 1.99. The van der Waals surface area contributed by atoms with Crippen molar-refractivity contribution in [2.45, 2.75) is 18.9 Å². The summed E-state index contributed by atoms with van der Waals surface area (Å²) in [4.78, 5) is 10.3. The van der Waals surface area contributed by atoms with Gasteiger partial charge in [0, 0.05) is 13.1 Å². The maximum atomic E-state index is 8.74. The number of nitrogens with zero attached hydrogens (tertiary/aromatic N) is 3. The predicted octanol–water partition coefficient (Wildman–Crippen LogP) is 0.0451. The lowest BCUT2D eigenvalue weighted by molar-refractivity contribution is 0.0158. The molecule has 0 aromatic carbocycles. The van der Waals surface area contributed by atoms with Crippen molar-refractivity contribution in [2.24, 2.45) is 0 Å². The highest BCUT2D eigenvalue weighted by Gasteiger charge is 2.23. The van der Waals surface area contributed by atoms with Crippen molar-refractivity contribution in [3.63, 3.8) is 0 Å². The van der Waals surface area contributed by atoms with Gasteiger partial charge < -0.3 is 25.2 Å². The molecule has 1 aromatic rings. The summed E-state index contributed by atoms with van der Waals surface area (Å²) in [7, 11) is 1.57. The number of hydrogen-bond donors (Lipinski definition) is 2. The van der Waals surface area contributed by atoms with E-state index in [1.54, 1.807) is 7.11 Å². The van der Waals surface area contributed by atoms with Gasteiger partial charge >= 0.3 is 0 Å². The standard InChI is InChI=1S/C12H20N4O3/c1-18-10-11(13)14-8-15-12(10)16-4-2-9(3-5-16)19-7-6-17/h8-9,17H,2-7H2,1H3,(H2,13,14,15). The molecular weight excluding hydrogens is 248 g/mol. The molecule has 0 saturated carbocycles. The first-order valence-corrected chi connectivity index (χ1v) is 6.38. The van der Waals surface area contributed by atoms with Crippen LogP contribution in [0.5, 0.6) is 5.75 Å². The largest absolute Gasteiger partial charge is 0.490 e. The van der Waals surface area contributed by atoms with Crippen molar-refractivity contribution in [1.82, 2.24) is 9.97 Å². The van der Waals surface area contributed by atoms with Gasteiger partial charge in [0.2, 0.25) is 5.75 Å². The molecule has 0 unspecified atom stereocenters. The Labute approximate surface area is 112 Å². The monoisotopic (exact) mass is 268 g/mol. The molecule has 1 aliphatic heterocycles. The van der Waals surface area contributed by atoms with Crippen molar-refractivity contribution in [1.29, 1.82) is 0 Å². The van der Waals surface area contributed by atoms with E-state index in [-0.39, 0.29) is 12.7 Å². The van der Waals surface area contributed by atoms with Gasteiger partial charge in [0.1, 0.15) is 6.33 Å². The summed E-state index contributed by atoms with van der Waals surface area (Å²) in [5, 5.41) is 8.74. The van der Waals surface area contributed by atoms with Crippen LogP contribution in [0.2, 0.25) is 0 Å². The lowest BCUT2D eigenvalue weighted by Crippen LogP contribution is -2.38. The van der Waals surface area contributed by atoms with Crippen LogP contribution in [0.4, 0.5) is 11.6 Å². The van der Waals surface area contributed by atoms with E-state index in [2.05, 4.69) is 14.9 Å². The Morgan fingerprint density at radius 2 is 2.16 bits per heavy atom. The third-order valence-corrected chi connectivity index (χ3v) is 3.20. The maximum Gasteiger partial charge on any atom is 0.204 e. The third kappa shape index (κ3) is 3.24. The van der Waals surface area contributed by atoms with E-state index >= 15 is 0 Å². The number of anilines is 2. The average Bonchev–Trinajstić information content (AvgIpc) is 2.45. The first kappa shape index (κ1) is 13.8. The van der Waals surface area contributed by atoms with Crippen molar-refractivity contribution >= 4 is 11.6 Å². The molecule has 0 radical (unpaired) electrons. The molecule has 1 fully saturated rings. The zero-order valence-electron chi connectivity index (χ0n) is 11.1. The molecule has 0 amide bonds. The van der Waals surface area contributed by atoms with E-state index in [0.717, 1.165) is 31.7 Å². The van der Waals surface area contributed by atoms with Gasteiger partial charge in [-0.15, -0.1) is 0 Å². The molecule has 0 atom stereocenters. The molecule has 2 heterocycles. The minimum absolute atomic E-state index is 0.0660. The zero-order chi connectivity index (χ0) is 13.7. The van der Waals surface area contributed by atoms with Crippen LogP contribution in [0.3, 0.4) is 0 Å². The predicted molar refractivity (Wildman–Crippen MR) is 71.3 cm³/mol. The fraction of sp³-hybridized carbons (Fsp3) is 0.667. The van der Waals surface area contributed by atoms with Gasteiger partial charge in [-0.1, -0.05) is 0 Å². The average molecular weight is 268 g/mol. The molecule has 1 saturated heterocycles. The molecule has 0 spiro atoms. The summed E-state index contributed by atoms with van der Waals surface area (Å²) in [6.07, 6.45) is 3.44. The SMILES string of the molecule is COc1c(N)ncnc1N1CCC(OCCO)CC1. The smallest absolute Gasteiger partial charge is 0.204 e. The Morgan fingerprint density at radius 3 is 2.79 bits per heavy atom. The lowest BCUT2D eigenvalue weighted by Gasteiger charge is -2.33. The van der Waals surface area contributed by atoms with Crippen LogP contribution >= 0.6 is 0 Å². The van der Waals surface area contributed by atoms with E-state index in [1.807, 2.05) is 0 Å². The maximum absolute atomic E-state index is 8.74. The van der Waals surface area contributed by atoms with Crippen molar-refractivity contribution < 1.29 is 14.6 Å². The Morgan fingerprint density at radius 1 is 1.42 bits per heavy atom. The Kier molecular flexibility index (Phi) is 4.75. The Hall–Kier alpha value is -1.60. The molecule has 7 heteroatoms. The van der Waals surface area contributed by atoms with E-state index in [9.17, 15) is 0 Å². The molecule has 106 valence electrons. The van der Waals surface area contributed by atoms with Gasteiger partial charge in [-0.2, -0.15) is 0 Å². The molecule has 1 aromatic heterocycles. The van der Waals surface area contributed by atoms with Gasteiger partial charge in [-0.25, -0.2) is 9.97 Å². The third-order valence-electron chi connectivity index (χ3n) is 3.20. The second-order valence-corrected chi connectivity index (χ2v) is 4.40. The van der Waals surface area contributed by atoms with Crippen LogP contribution in [0.1, 0.15) is 12.8 Å². The highest BCUT2D eigenvalue weighted by atomic mass is 16.5. The minimum Gasteiger partial charge on any atom is -0.490 e. The fourth-order valence-electron chi connectivity index (χ4n) is 2.25. The number of hydrogen-bond acceptors (Lipinski definition) is 7. The second kappa shape index (κ2) is 6.53. The first-order valence-electron chi connectivity index (χ1n) is 6.38. The van der Waals surface area contributed by atoms with Crippen LogP contribution in [0.15, 0.2) is 6.33 Å². The van der Waals surface area contributed by atoms with Crippen LogP contribution in [0, 0.1) is 0 Å². The van der Waals surface area contributed by atoms with E-state index < -0.39 is 0 Å². The number of aliphatic hydroxyl groups excluding tert-OH is 1.